The van der Waals surface area contributed by atoms with Crippen LogP contribution in [0.4, 0.5) is 13.2 Å². The second-order valence-electron chi connectivity index (χ2n) is 6.34. The Bertz CT molecular complexity index is 1020. The molecule has 0 saturated heterocycles. The lowest BCUT2D eigenvalue weighted by atomic mass is 9.94. The second-order valence-corrected chi connectivity index (χ2v) is 8.97. The molecule has 1 aromatic carbocycles. The summed E-state index contributed by atoms with van der Waals surface area (Å²) in [4.78, 5) is 10.4. The number of fused-ring (bicyclic) bond motifs is 1. The molecule has 0 amide bonds. The Kier molecular flexibility index (Phi) is 5.56. The van der Waals surface area contributed by atoms with Crippen molar-refractivity contribution in [2.75, 3.05) is 0 Å². The minimum absolute atomic E-state index is 0.0127. The highest BCUT2D eigenvalue weighted by molar-refractivity contribution is 9.10. The monoisotopic (exact) mass is 481 g/mol. The summed E-state index contributed by atoms with van der Waals surface area (Å²) in [6, 6.07) is 1.76. The van der Waals surface area contributed by atoms with Crippen LogP contribution in [0.3, 0.4) is 0 Å². The van der Waals surface area contributed by atoms with Gasteiger partial charge in [0.1, 0.15) is 6.54 Å². The third-order valence-corrected chi connectivity index (χ3v) is 6.26. The number of nitrogens with zero attached hydrogens (tertiary/aromatic N) is 2. The Morgan fingerprint density at radius 1 is 1.36 bits per heavy atom. The van der Waals surface area contributed by atoms with Crippen LogP contribution in [-0.4, -0.2) is 29.3 Å². The number of alkyl halides is 3. The lowest BCUT2D eigenvalue weighted by Gasteiger charge is -2.24. The fourth-order valence-corrected chi connectivity index (χ4v) is 5.11. The molecular formula is C16H15BrF3N3O4S. The summed E-state index contributed by atoms with van der Waals surface area (Å²) in [6.45, 7) is -0.352. The van der Waals surface area contributed by atoms with Crippen molar-refractivity contribution in [2.45, 2.75) is 42.9 Å². The van der Waals surface area contributed by atoms with Crippen molar-refractivity contribution < 1.29 is 31.5 Å². The minimum atomic E-state index is -4.69. The highest BCUT2D eigenvalue weighted by atomic mass is 79.9. The second kappa shape index (κ2) is 7.48. The zero-order valence-corrected chi connectivity index (χ0v) is 16.6. The molecular weight excluding hydrogens is 467 g/mol. The Morgan fingerprint density at radius 3 is 2.71 bits per heavy atom. The van der Waals surface area contributed by atoms with Gasteiger partial charge in [-0.3, -0.25) is 9.48 Å². The van der Waals surface area contributed by atoms with Crippen molar-refractivity contribution in [3.05, 3.63) is 45.7 Å². The third-order valence-electron chi connectivity index (χ3n) is 4.35. The topological polar surface area (TPSA) is 101 Å². The number of rotatable bonds is 5. The van der Waals surface area contributed by atoms with Crippen LogP contribution in [0.2, 0.25) is 0 Å². The molecule has 1 aliphatic carbocycles. The van der Waals surface area contributed by atoms with E-state index in [1.807, 2.05) is 0 Å². The molecule has 28 heavy (non-hydrogen) atoms. The standard InChI is InChI=1S/C16H15BrF3N3O4S/c17-10-4-9(16(18,19)20)5-11(6-10)28(26,27)22-13-2-1-3-14-12(13)7-21-23(14)8-15(24)25/h4-7,13,22H,1-3,8H2,(H,24,25)/t13-/m1/s1. The van der Waals surface area contributed by atoms with Gasteiger partial charge in [0.15, 0.2) is 0 Å². The molecule has 0 spiro atoms. The maximum atomic E-state index is 13.0. The molecule has 2 N–H and O–H groups in total. The number of carboxylic acid groups (broad SMARTS) is 1. The van der Waals surface area contributed by atoms with E-state index in [0.717, 1.165) is 12.1 Å². The van der Waals surface area contributed by atoms with E-state index in [9.17, 15) is 26.4 Å². The molecule has 0 bridgehead atoms. The van der Waals surface area contributed by atoms with Gasteiger partial charge in [-0.05, 0) is 37.5 Å². The van der Waals surface area contributed by atoms with Crippen molar-refractivity contribution in [1.29, 1.82) is 0 Å². The van der Waals surface area contributed by atoms with Gasteiger partial charge in [-0.15, -0.1) is 0 Å². The number of aliphatic carboxylic acids is 1. The van der Waals surface area contributed by atoms with E-state index in [2.05, 4.69) is 25.8 Å². The number of benzene rings is 1. The molecule has 1 atom stereocenters. The predicted octanol–water partition coefficient (Wildman–Crippen LogP) is 3.10. The molecule has 0 fully saturated rings. The van der Waals surface area contributed by atoms with E-state index in [-0.39, 0.29) is 11.0 Å². The van der Waals surface area contributed by atoms with Crippen molar-refractivity contribution in [1.82, 2.24) is 14.5 Å². The maximum Gasteiger partial charge on any atom is 0.416 e. The summed E-state index contributed by atoms with van der Waals surface area (Å²) < 4.78 is 68.1. The van der Waals surface area contributed by atoms with Gasteiger partial charge in [-0.1, -0.05) is 15.9 Å². The van der Waals surface area contributed by atoms with Gasteiger partial charge in [0.05, 0.1) is 22.7 Å². The Balaban J connectivity index is 1.92. The lowest BCUT2D eigenvalue weighted by Crippen LogP contribution is -2.31. The lowest BCUT2D eigenvalue weighted by molar-refractivity contribution is -0.138. The van der Waals surface area contributed by atoms with Crippen LogP contribution in [0.15, 0.2) is 33.8 Å². The smallest absolute Gasteiger partial charge is 0.416 e. The Morgan fingerprint density at radius 2 is 2.07 bits per heavy atom. The number of halogens is 4. The van der Waals surface area contributed by atoms with Gasteiger partial charge < -0.3 is 5.11 Å². The van der Waals surface area contributed by atoms with Crippen molar-refractivity contribution in [2.24, 2.45) is 0 Å². The molecule has 0 radical (unpaired) electrons. The molecule has 0 unspecified atom stereocenters. The fraction of sp³-hybridized carbons (Fsp3) is 0.375. The number of carbonyl (C=O) groups is 1. The van der Waals surface area contributed by atoms with E-state index in [1.165, 1.54) is 10.9 Å². The first-order chi connectivity index (χ1) is 13.0. The largest absolute Gasteiger partial charge is 0.480 e. The van der Waals surface area contributed by atoms with Crippen LogP contribution < -0.4 is 4.72 Å². The van der Waals surface area contributed by atoms with E-state index in [1.54, 1.807) is 0 Å². The molecule has 0 saturated carbocycles. The van der Waals surface area contributed by atoms with Gasteiger partial charge in [0, 0.05) is 15.7 Å². The number of carboxylic acids is 1. The predicted molar refractivity (Wildman–Crippen MR) is 95.0 cm³/mol. The average Bonchev–Trinajstić information content (AvgIpc) is 2.97. The summed E-state index contributed by atoms with van der Waals surface area (Å²) >= 11 is 2.91. The van der Waals surface area contributed by atoms with Crippen LogP contribution in [0.25, 0.3) is 0 Å². The summed E-state index contributed by atoms with van der Waals surface area (Å²) in [5.41, 5.74) is 0.0505. The van der Waals surface area contributed by atoms with E-state index in [0.29, 0.717) is 36.6 Å². The average molecular weight is 482 g/mol. The number of hydrogen-bond donors (Lipinski definition) is 2. The highest BCUT2D eigenvalue weighted by Gasteiger charge is 2.34. The van der Waals surface area contributed by atoms with Gasteiger partial charge in [0.25, 0.3) is 0 Å². The quantitative estimate of drug-likeness (QED) is 0.683. The molecule has 152 valence electrons. The number of sulfonamides is 1. The number of nitrogens with one attached hydrogen (secondary N) is 1. The molecule has 2 aromatic rings. The van der Waals surface area contributed by atoms with Crippen LogP contribution in [0, 0.1) is 0 Å². The summed E-state index contributed by atoms with van der Waals surface area (Å²) in [5.74, 6) is -1.08. The molecule has 0 aliphatic heterocycles. The molecule has 1 aliphatic rings. The normalized spacial score (nSPS) is 17.4. The molecule has 3 rings (SSSR count). The van der Waals surface area contributed by atoms with E-state index < -0.39 is 38.7 Å². The first-order valence-electron chi connectivity index (χ1n) is 8.14. The molecule has 1 aromatic heterocycles. The van der Waals surface area contributed by atoms with Crippen molar-refractivity contribution in [3.8, 4) is 0 Å². The van der Waals surface area contributed by atoms with Gasteiger partial charge >= 0.3 is 12.1 Å². The Labute approximate surface area is 166 Å². The highest BCUT2D eigenvalue weighted by Crippen LogP contribution is 2.35. The van der Waals surface area contributed by atoms with E-state index in [4.69, 9.17) is 5.11 Å². The number of hydrogen-bond acceptors (Lipinski definition) is 4. The van der Waals surface area contributed by atoms with E-state index >= 15 is 0 Å². The fourth-order valence-electron chi connectivity index (χ4n) is 3.14. The molecule has 1 heterocycles. The van der Waals surface area contributed by atoms with Gasteiger partial charge in [-0.2, -0.15) is 18.3 Å². The van der Waals surface area contributed by atoms with Crippen molar-refractivity contribution in [3.63, 3.8) is 0 Å². The SMILES string of the molecule is O=C(O)Cn1ncc2c1CCC[C@H]2NS(=O)(=O)c1cc(Br)cc(C(F)(F)F)c1. The first-order valence-corrected chi connectivity index (χ1v) is 10.4. The molecule has 7 nitrogen and oxygen atoms in total. The Hall–Kier alpha value is -1.92. The van der Waals surface area contributed by atoms with Crippen LogP contribution >= 0.6 is 15.9 Å². The zero-order chi connectivity index (χ0) is 20.7. The first kappa shape index (κ1) is 20.8. The minimum Gasteiger partial charge on any atom is -0.480 e. The maximum absolute atomic E-state index is 13.0. The van der Waals surface area contributed by atoms with Gasteiger partial charge in [0.2, 0.25) is 10.0 Å². The van der Waals surface area contributed by atoms with Crippen LogP contribution in [-0.2, 0) is 34.0 Å². The summed E-state index contributed by atoms with van der Waals surface area (Å²) in [5, 5.41) is 12.9. The zero-order valence-electron chi connectivity index (χ0n) is 14.2. The van der Waals surface area contributed by atoms with Crippen LogP contribution in [0.5, 0.6) is 0 Å². The van der Waals surface area contributed by atoms with Gasteiger partial charge in [-0.25, -0.2) is 13.1 Å². The molecule has 12 heteroatoms. The number of aromatic nitrogens is 2. The summed E-state index contributed by atoms with van der Waals surface area (Å²) in [7, 11) is -4.26. The third kappa shape index (κ3) is 4.39. The summed E-state index contributed by atoms with van der Waals surface area (Å²) in [6.07, 6.45) is -1.75. The van der Waals surface area contributed by atoms with Crippen molar-refractivity contribution >= 4 is 31.9 Å². The van der Waals surface area contributed by atoms with Crippen LogP contribution in [0.1, 0.15) is 35.7 Å².